The van der Waals surface area contributed by atoms with Crippen LogP contribution in [-0.2, 0) is 0 Å². The van der Waals surface area contributed by atoms with Gasteiger partial charge in [-0.3, -0.25) is 9.59 Å². The maximum Gasteiger partial charge on any atom is 0.275 e. The molecule has 0 spiro atoms. The molecule has 6 heteroatoms. The van der Waals surface area contributed by atoms with E-state index in [-0.39, 0.29) is 17.2 Å². The lowest BCUT2D eigenvalue weighted by Gasteiger charge is -2.08. The molecular formula is C22H19N3O3. The summed E-state index contributed by atoms with van der Waals surface area (Å²) in [5.74, 6) is -0.829. The van der Waals surface area contributed by atoms with Crippen LogP contribution < -0.4 is 10.7 Å². The van der Waals surface area contributed by atoms with Crippen molar-refractivity contribution >= 4 is 23.2 Å². The second-order valence-corrected chi connectivity index (χ2v) is 6.06. The fourth-order valence-corrected chi connectivity index (χ4v) is 2.54. The van der Waals surface area contributed by atoms with Crippen LogP contribution in [0.2, 0.25) is 0 Å². The smallest absolute Gasteiger partial charge is 0.275 e. The van der Waals surface area contributed by atoms with Crippen molar-refractivity contribution in [1.82, 2.24) is 5.43 Å². The molecule has 0 aliphatic carbocycles. The minimum absolute atomic E-state index is 0.113. The van der Waals surface area contributed by atoms with Crippen LogP contribution in [0.25, 0.3) is 0 Å². The highest BCUT2D eigenvalue weighted by molar-refractivity contribution is 6.06. The van der Waals surface area contributed by atoms with Gasteiger partial charge in [0.25, 0.3) is 11.8 Å². The van der Waals surface area contributed by atoms with Crippen molar-refractivity contribution in [3.8, 4) is 5.75 Å². The van der Waals surface area contributed by atoms with Crippen LogP contribution in [0, 0.1) is 0 Å². The molecule has 0 saturated heterocycles. The van der Waals surface area contributed by atoms with Crippen LogP contribution in [-0.4, -0.2) is 22.6 Å². The average molecular weight is 373 g/mol. The first-order chi connectivity index (χ1) is 13.5. The zero-order chi connectivity index (χ0) is 19.9. The van der Waals surface area contributed by atoms with E-state index in [0.717, 1.165) is 5.56 Å². The molecule has 0 saturated carbocycles. The van der Waals surface area contributed by atoms with Crippen LogP contribution in [0.1, 0.15) is 33.2 Å². The molecule has 140 valence electrons. The monoisotopic (exact) mass is 373 g/mol. The fourth-order valence-electron chi connectivity index (χ4n) is 2.54. The summed E-state index contributed by atoms with van der Waals surface area (Å²) in [4.78, 5) is 24.4. The van der Waals surface area contributed by atoms with Gasteiger partial charge in [0, 0.05) is 11.3 Å². The van der Waals surface area contributed by atoms with Gasteiger partial charge >= 0.3 is 0 Å². The standard InChI is InChI=1S/C22H19N3O3/c1-15(24-25-22(28)19-12-5-6-13-20(19)26)17-10-7-11-18(14-17)23-21(27)16-8-3-2-4-9-16/h2-14,26H,1H3,(H,23,27)(H,25,28)/b24-15+. The molecule has 0 heterocycles. The van der Waals surface area contributed by atoms with Gasteiger partial charge in [0.15, 0.2) is 0 Å². The van der Waals surface area contributed by atoms with Crippen LogP contribution in [0.5, 0.6) is 5.75 Å². The van der Waals surface area contributed by atoms with E-state index in [1.807, 2.05) is 12.1 Å². The van der Waals surface area contributed by atoms with Gasteiger partial charge < -0.3 is 10.4 Å². The molecule has 3 aromatic rings. The summed E-state index contributed by atoms with van der Waals surface area (Å²) >= 11 is 0. The van der Waals surface area contributed by atoms with Crippen molar-refractivity contribution < 1.29 is 14.7 Å². The van der Waals surface area contributed by atoms with E-state index < -0.39 is 5.91 Å². The summed E-state index contributed by atoms with van der Waals surface area (Å²) in [5.41, 5.74) is 5.04. The zero-order valence-electron chi connectivity index (χ0n) is 15.2. The summed E-state index contributed by atoms with van der Waals surface area (Å²) in [6.45, 7) is 1.74. The van der Waals surface area contributed by atoms with Crippen molar-refractivity contribution in [3.63, 3.8) is 0 Å². The molecule has 0 aliphatic rings. The summed E-state index contributed by atoms with van der Waals surface area (Å²) in [6.07, 6.45) is 0. The van der Waals surface area contributed by atoms with Crippen LogP contribution in [0.15, 0.2) is 84.0 Å². The number of benzene rings is 3. The Hall–Kier alpha value is -3.93. The zero-order valence-corrected chi connectivity index (χ0v) is 15.2. The van der Waals surface area contributed by atoms with Gasteiger partial charge in [-0.15, -0.1) is 0 Å². The molecule has 0 aromatic heterocycles. The van der Waals surface area contributed by atoms with E-state index in [1.54, 1.807) is 61.5 Å². The van der Waals surface area contributed by atoms with Gasteiger partial charge in [-0.05, 0) is 48.9 Å². The number of hydrazone groups is 1. The average Bonchev–Trinajstić information content (AvgIpc) is 2.73. The Kier molecular flexibility index (Phi) is 5.81. The van der Waals surface area contributed by atoms with Gasteiger partial charge in [0.1, 0.15) is 5.75 Å². The predicted octanol–water partition coefficient (Wildman–Crippen LogP) is 3.80. The highest BCUT2D eigenvalue weighted by Crippen LogP contribution is 2.16. The number of phenols is 1. The van der Waals surface area contributed by atoms with Crippen molar-refractivity contribution in [2.75, 3.05) is 5.32 Å². The molecule has 3 aromatic carbocycles. The minimum Gasteiger partial charge on any atom is -0.507 e. The number of aromatic hydroxyl groups is 1. The topological polar surface area (TPSA) is 90.8 Å². The number of carbonyl (C=O) groups is 2. The maximum absolute atomic E-state index is 12.3. The van der Waals surface area contributed by atoms with Crippen molar-refractivity contribution in [1.29, 1.82) is 0 Å². The van der Waals surface area contributed by atoms with Crippen LogP contribution in [0.3, 0.4) is 0 Å². The number of anilines is 1. The number of carbonyl (C=O) groups excluding carboxylic acids is 2. The van der Waals surface area contributed by atoms with Crippen LogP contribution in [0.4, 0.5) is 5.69 Å². The Morgan fingerprint density at radius 2 is 1.50 bits per heavy atom. The van der Waals surface area contributed by atoms with E-state index in [4.69, 9.17) is 0 Å². The van der Waals surface area contributed by atoms with Crippen LogP contribution >= 0.6 is 0 Å². The number of nitrogens with zero attached hydrogens (tertiary/aromatic N) is 1. The number of amides is 2. The number of nitrogens with one attached hydrogen (secondary N) is 2. The predicted molar refractivity (Wildman–Crippen MR) is 109 cm³/mol. The lowest BCUT2D eigenvalue weighted by molar-refractivity contribution is 0.0951. The maximum atomic E-state index is 12.3. The van der Waals surface area contributed by atoms with E-state index in [9.17, 15) is 14.7 Å². The highest BCUT2D eigenvalue weighted by atomic mass is 16.3. The van der Waals surface area contributed by atoms with Crippen molar-refractivity contribution in [2.45, 2.75) is 6.92 Å². The second kappa shape index (κ2) is 8.64. The third-order valence-corrected chi connectivity index (χ3v) is 4.05. The first kappa shape index (κ1) is 18.8. The number of phenolic OH excluding ortho intramolecular Hbond substituents is 1. The molecule has 0 atom stereocenters. The first-order valence-electron chi connectivity index (χ1n) is 8.64. The summed E-state index contributed by atoms with van der Waals surface area (Å²) < 4.78 is 0. The third kappa shape index (κ3) is 4.62. The summed E-state index contributed by atoms with van der Waals surface area (Å²) in [6, 6.07) is 22.3. The van der Waals surface area contributed by atoms with Gasteiger partial charge in [-0.1, -0.05) is 42.5 Å². The Morgan fingerprint density at radius 3 is 2.25 bits per heavy atom. The molecule has 2 amide bonds. The lowest BCUT2D eigenvalue weighted by atomic mass is 10.1. The molecular weight excluding hydrogens is 354 g/mol. The van der Waals surface area contributed by atoms with E-state index in [0.29, 0.717) is 17.0 Å². The molecule has 0 radical (unpaired) electrons. The molecule has 0 aliphatic heterocycles. The summed E-state index contributed by atoms with van der Waals surface area (Å²) in [5, 5.41) is 16.6. The normalized spacial score (nSPS) is 11.0. The molecule has 0 bridgehead atoms. The molecule has 0 fully saturated rings. The number of hydrogen-bond donors (Lipinski definition) is 3. The molecule has 28 heavy (non-hydrogen) atoms. The largest absolute Gasteiger partial charge is 0.507 e. The van der Waals surface area contributed by atoms with Gasteiger partial charge in [0.05, 0.1) is 11.3 Å². The Bertz CT molecular complexity index is 1030. The number of hydrogen-bond acceptors (Lipinski definition) is 4. The van der Waals surface area contributed by atoms with E-state index in [1.165, 1.54) is 12.1 Å². The Balaban J connectivity index is 1.70. The van der Waals surface area contributed by atoms with E-state index in [2.05, 4.69) is 15.8 Å². The quantitative estimate of drug-likeness (QED) is 0.469. The van der Waals surface area contributed by atoms with E-state index >= 15 is 0 Å². The number of rotatable bonds is 5. The minimum atomic E-state index is -0.508. The molecule has 3 rings (SSSR count). The SMILES string of the molecule is C/C(=N\NC(=O)c1ccccc1O)c1cccc(NC(=O)c2ccccc2)c1. The molecule has 0 unspecified atom stereocenters. The Labute approximate surface area is 162 Å². The van der Waals surface area contributed by atoms with Gasteiger partial charge in [0.2, 0.25) is 0 Å². The molecule has 3 N–H and O–H groups in total. The fraction of sp³-hybridized carbons (Fsp3) is 0.0455. The van der Waals surface area contributed by atoms with Gasteiger partial charge in [-0.25, -0.2) is 5.43 Å². The second-order valence-electron chi connectivity index (χ2n) is 6.06. The highest BCUT2D eigenvalue weighted by Gasteiger charge is 2.10. The van der Waals surface area contributed by atoms with Gasteiger partial charge in [-0.2, -0.15) is 5.10 Å². The summed E-state index contributed by atoms with van der Waals surface area (Å²) in [7, 11) is 0. The lowest BCUT2D eigenvalue weighted by Crippen LogP contribution is -2.19. The Morgan fingerprint density at radius 1 is 0.821 bits per heavy atom. The first-order valence-corrected chi connectivity index (χ1v) is 8.64. The van der Waals surface area contributed by atoms with Crippen molar-refractivity contribution in [3.05, 3.63) is 95.6 Å². The number of para-hydroxylation sites is 1. The van der Waals surface area contributed by atoms with Crippen molar-refractivity contribution in [2.24, 2.45) is 5.10 Å². The third-order valence-electron chi connectivity index (χ3n) is 4.05. The molecule has 6 nitrogen and oxygen atoms in total.